The van der Waals surface area contributed by atoms with Gasteiger partial charge in [0.05, 0.1) is 18.2 Å². The molecule has 112 valence electrons. The Morgan fingerprint density at radius 1 is 1.29 bits per heavy atom. The first-order valence-corrected chi connectivity index (χ1v) is 7.72. The van der Waals surface area contributed by atoms with E-state index in [9.17, 15) is 4.79 Å². The first-order valence-electron chi connectivity index (χ1n) is 7.72. The maximum Gasteiger partial charge on any atom is 0.234 e. The number of nitriles is 1. The number of amides is 1. The highest BCUT2D eigenvalue weighted by atomic mass is 16.1. The molecular formula is C17H23N3O. The number of benzene rings is 1. The number of rotatable bonds is 5. The molecule has 1 atom stereocenters. The van der Waals surface area contributed by atoms with Crippen LogP contribution in [0, 0.1) is 11.3 Å². The minimum absolute atomic E-state index is 0.0717. The van der Waals surface area contributed by atoms with Crippen LogP contribution in [-0.2, 0) is 4.79 Å². The molecule has 4 heteroatoms. The van der Waals surface area contributed by atoms with Gasteiger partial charge in [0.15, 0.2) is 0 Å². The summed E-state index contributed by atoms with van der Waals surface area (Å²) in [7, 11) is 0. The van der Waals surface area contributed by atoms with Crippen LogP contribution in [0.2, 0.25) is 0 Å². The van der Waals surface area contributed by atoms with Crippen molar-refractivity contribution in [2.75, 3.05) is 6.54 Å². The minimum atomic E-state index is 0.0717. The first kappa shape index (κ1) is 15.5. The molecule has 0 spiro atoms. The molecule has 1 unspecified atom stereocenters. The zero-order chi connectivity index (χ0) is 15.1. The Kier molecular flexibility index (Phi) is 5.77. The van der Waals surface area contributed by atoms with E-state index < -0.39 is 0 Å². The van der Waals surface area contributed by atoms with Gasteiger partial charge in [-0.15, -0.1) is 0 Å². The van der Waals surface area contributed by atoms with Gasteiger partial charge in [0, 0.05) is 12.1 Å². The summed E-state index contributed by atoms with van der Waals surface area (Å²) in [5, 5.41) is 15.1. The monoisotopic (exact) mass is 285 g/mol. The van der Waals surface area contributed by atoms with Gasteiger partial charge in [-0.05, 0) is 37.5 Å². The van der Waals surface area contributed by atoms with Crippen LogP contribution in [0.3, 0.4) is 0 Å². The summed E-state index contributed by atoms with van der Waals surface area (Å²) >= 11 is 0. The second kappa shape index (κ2) is 7.80. The molecule has 2 N–H and O–H groups in total. The molecule has 1 aliphatic rings. The predicted octanol–water partition coefficient (Wildman–Crippen LogP) is 2.66. The lowest BCUT2D eigenvalue weighted by Crippen LogP contribution is -2.41. The van der Waals surface area contributed by atoms with E-state index in [-0.39, 0.29) is 11.9 Å². The van der Waals surface area contributed by atoms with Crippen LogP contribution in [0.4, 0.5) is 0 Å². The Morgan fingerprint density at radius 3 is 2.57 bits per heavy atom. The van der Waals surface area contributed by atoms with Gasteiger partial charge in [-0.25, -0.2) is 0 Å². The van der Waals surface area contributed by atoms with Crippen LogP contribution in [-0.4, -0.2) is 18.5 Å². The Balaban J connectivity index is 1.75. The fraction of sp³-hybridized carbons (Fsp3) is 0.529. The van der Waals surface area contributed by atoms with Crippen LogP contribution in [0.5, 0.6) is 0 Å². The molecule has 1 aromatic rings. The smallest absolute Gasteiger partial charge is 0.234 e. The summed E-state index contributed by atoms with van der Waals surface area (Å²) in [5.74, 6) is 0.0717. The van der Waals surface area contributed by atoms with Crippen molar-refractivity contribution in [2.24, 2.45) is 0 Å². The molecule has 0 bridgehead atoms. The second-order valence-corrected chi connectivity index (χ2v) is 5.74. The van der Waals surface area contributed by atoms with Crippen molar-refractivity contribution >= 4 is 5.91 Å². The fourth-order valence-corrected chi connectivity index (χ4v) is 2.74. The molecule has 0 radical (unpaired) electrons. The number of nitrogens with one attached hydrogen (secondary N) is 2. The van der Waals surface area contributed by atoms with E-state index in [1.807, 2.05) is 19.1 Å². The van der Waals surface area contributed by atoms with Crippen molar-refractivity contribution in [3.05, 3.63) is 35.4 Å². The highest BCUT2D eigenvalue weighted by Gasteiger charge is 2.16. The third-order valence-corrected chi connectivity index (χ3v) is 4.08. The number of carbonyl (C=O) groups is 1. The lowest BCUT2D eigenvalue weighted by molar-refractivity contribution is -0.121. The van der Waals surface area contributed by atoms with E-state index in [0.29, 0.717) is 18.2 Å². The topological polar surface area (TPSA) is 64.9 Å². The second-order valence-electron chi connectivity index (χ2n) is 5.74. The standard InChI is InChI=1S/C17H23N3O/c1-13(15-9-7-14(11-18)8-10-15)19-12-17(21)20-16-5-3-2-4-6-16/h7-10,13,16,19H,2-6,12H2,1H3,(H,20,21). The van der Waals surface area contributed by atoms with Gasteiger partial charge in [0.2, 0.25) is 5.91 Å². The van der Waals surface area contributed by atoms with Crippen LogP contribution in [0.1, 0.15) is 56.2 Å². The Labute approximate surface area is 126 Å². The lowest BCUT2D eigenvalue weighted by atomic mass is 9.95. The zero-order valence-electron chi connectivity index (χ0n) is 12.6. The molecule has 0 aromatic heterocycles. The van der Waals surface area contributed by atoms with E-state index >= 15 is 0 Å². The predicted molar refractivity (Wildman–Crippen MR) is 82.6 cm³/mol. The van der Waals surface area contributed by atoms with E-state index in [0.717, 1.165) is 18.4 Å². The maximum atomic E-state index is 11.9. The van der Waals surface area contributed by atoms with Crippen molar-refractivity contribution in [3.63, 3.8) is 0 Å². The van der Waals surface area contributed by atoms with E-state index in [1.54, 1.807) is 12.1 Å². The third kappa shape index (κ3) is 4.87. The largest absolute Gasteiger partial charge is 0.352 e. The van der Waals surface area contributed by atoms with Crippen LogP contribution < -0.4 is 10.6 Å². The van der Waals surface area contributed by atoms with Crippen molar-refractivity contribution in [2.45, 2.75) is 51.1 Å². The molecule has 2 rings (SSSR count). The Morgan fingerprint density at radius 2 is 1.95 bits per heavy atom. The van der Waals surface area contributed by atoms with Crippen molar-refractivity contribution in [1.82, 2.24) is 10.6 Å². The molecule has 1 saturated carbocycles. The van der Waals surface area contributed by atoms with Gasteiger partial charge in [0.25, 0.3) is 0 Å². The number of hydrogen-bond acceptors (Lipinski definition) is 3. The lowest BCUT2D eigenvalue weighted by Gasteiger charge is -2.23. The molecule has 1 aromatic carbocycles. The minimum Gasteiger partial charge on any atom is -0.352 e. The number of nitrogens with zero attached hydrogens (tertiary/aromatic N) is 1. The highest BCUT2D eigenvalue weighted by molar-refractivity contribution is 5.78. The van der Waals surface area contributed by atoms with E-state index in [1.165, 1.54) is 19.3 Å². The third-order valence-electron chi connectivity index (χ3n) is 4.08. The van der Waals surface area contributed by atoms with Crippen LogP contribution in [0.25, 0.3) is 0 Å². The maximum absolute atomic E-state index is 11.9. The summed E-state index contributed by atoms with van der Waals surface area (Å²) in [5.41, 5.74) is 1.74. The van der Waals surface area contributed by atoms with Gasteiger partial charge in [-0.3, -0.25) is 4.79 Å². The Hall–Kier alpha value is -1.86. The van der Waals surface area contributed by atoms with Crippen LogP contribution in [0.15, 0.2) is 24.3 Å². The highest BCUT2D eigenvalue weighted by Crippen LogP contribution is 2.17. The van der Waals surface area contributed by atoms with Gasteiger partial charge >= 0.3 is 0 Å². The summed E-state index contributed by atoms with van der Waals surface area (Å²) in [6.45, 7) is 2.35. The van der Waals surface area contributed by atoms with E-state index in [4.69, 9.17) is 5.26 Å². The SMILES string of the molecule is CC(NCC(=O)NC1CCCCC1)c1ccc(C#N)cc1. The average molecular weight is 285 g/mol. The molecule has 0 aliphatic heterocycles. The molecule has 4 nitrogen and oxygen atoms in total. The normalized spacial score (nSPS) is 17.0. The molecular weight excluding hydrogens is 262 g/mol. The molecule has 0 saturated heterocycles. The van der Waals surface area contributed by atoms with Gasteiger partial charge in [-0.2, -0.15) is 5.26 Å². The molecule has 1 aliphatic carbocycles. The molecule has 21 heavy (non-hydrogen) atoms. The number of hydrogen-bond donors (Lipinski definition) is 2. The average Bonchev–Trinajstić information content (AvgIpc) is 2.53. The van der Waals surface area contributed by atoms with Crippen molar-refractivity contribution < 1.29 is 4.79 Å². The van der Waals surface area contributed by atoms with Crippen molar-refractivity contribution in [3.8, 4) is 6.07 Å². The fourth-order valence-electron chi connectivity index (χ4n) is 2.74. The molecule has 1 fully saturated rings. The summed E-state index contributed by atoms with van der Waals surface area (Å²) in [4.78, 5) is 11.9. The Bertz CT molecular complexity index is 498. The van der Waals surface area contributed by atoms with E-state index in [2.05, 4.69) is 16.7 Å². The zero-order valence-corrected chi connectivity index (χ0v) is 12.6. The first-order chi connectivity index (χ1) is 10.2. The quantitative estimate of drug-likeness (QED) is 0.874. The molecule has 1 amide bonds. The van der Waals surface area contributed by atoms with Gasteiger partial charge < -0.3 is 10.6 Å². The number of carbonyl (C=O) groups excluding carboxylic acids is 1. The van der Waals surface area contributed by atoms with Crippen molar-refractivity contribution in [1.29, 1.82) is 5.26 Å². The summed E-state index contributed by atoms with van der Waals surface area (Å²) in [6.07, 6.45) is 5.95. The molecule has 0 heterocycles. The van der Waals surface area contributed by atoms with Gasteiger partial charge in [0.1, 0.15) is 0 Å². The van der Waals surface area contributed by atoms with Gasteiger partial charge in [-0.1, -0.05) is 31.4 Å². The summed E-state index contributed by atoms with van der Waals surface area (Å²) < 4.78 is 0. The van der Waals surface area contributed by atoms with Crippen LogP contribution >= 0.6 is 0 Å². The summed E-state index contributed by atoms with van der Waals surface area (Å²) in [6, 6.07) is 10.0.